The maximum absolute atomic E-state index is 11.1. The summed E-state index contributed by atoms with van der Waals surface area (Å²) in [5.41, 5.74) is 0.790. The van der Waals surface area contributed by atoms with Crippen LogP contribution >= 0.6 is 11.6 Å². The number of halogens is 1. The summed E-state index contributed by atoms with van der Waals surface area (Å²) in [5.74, 6) is 0. The van der Waals surface area contributed by atoms with Gasteiger partial charge in [0.25, 0.3) is 0 Å². The van der Waals surface area contributed by atoms with Crippen molar-refractivity contribution in [3.8, 4) is 0 Å². The van der Waals surface area contributed by atoms with Crippen LogP contribution in [0, 0.1) is 0 Å². The second-order valence-corrected chi connectivity index (χ2v) is 4.99. The van der Waals surface area contributed by atoms with Crippen molar-refractivity contribution in [2.45, 2.75) is 11.0 Å². The summed E-state index contributed by atoms with van der Waals surface area (Å²) in [6.07, 6.45) is -0.00670. The third-order valence-corrected chi connectivity index (χ3v) is 3.36. The van der Waals surface area contributed by atoms with Crippen molar-refractivity contribution in [3.63, 3.8) is 0 Å². The van der Waals surface area contributed by atoms with Gasteiger partial charge in [0.05, 0.1) is 11.6 Å². The first kappa shape index (κ1) is 9.92. The van der Waals surface area contributed by atoms with Gasteiger partial charge in [0.1, 0.15) is 11.0 Å². The average Bonchev–Trinajstić information content (AvgIpc) is 2.85. The number of sulfonamides is 1. The lowest BCUT2D eigenvalue weighted by Gasteiger charge is -2.03. The first-order chi connectivity index (χ1) is 6.48. The second kappa shape index (κ2) is 3.20. The summed E-state index contributed by atoms with van der Waals surface area (Å²) < 4.78 is 27.2. The molecule has 1 aromatic rings. The first-order valence-electron chi connectivity index (χ1n) is 3.92. The lowest BCUT2D eigenvalue weighted by molar-refractivity contribution is 0.415. The Kier molecular flexibility index (Phi) is 2.27. The van der Waals surface area contributed by atoms with Crippen molar-refractivity contribution in [2.24, 2.45) is 5.14 Å². The van der Waals surface area contributed by atoms with Crippen LogP contribution in [0.5, 0.6) is 0 Å². The monoisotopic (exact) mass is 233 g/mol. The fourth-order valence-corrected chi connectivity index (χ4v) is 2.26. The Bertz CT molecular complexity index is 467. The highest BCUT2D eigenvalue weighted by Crippen LogP contribution is 2.32. The molecule has 0 saturated carbocycles. The molecule has 1 aliphatic rings. The third kappa shape index (κ3) is 1.90. The number of primary sulfonamides is 1. The van der Waals surface area contributed by atoms with Gasteiger partial charge in [-0.25, -0.2) is 13.6 Å². The molecule has 2 N–H and O–H groups in total. The van der Waals surface area contributed by atoms with E-state index in [-0.39, 0.29) is 16.0 Å². The summed E-state index contributed by atoms with van der Waals surface area (Å²) in [6, 6.07) is 4.70. The molecule has 1 heterocycles. The standard InChI is InChI=1S/C8H8ClNO3S/c9-6-2-1-5(7-4-13-7)3-8(6)14(10,11)12/h1-3,7H,4H2,(H2,10,11,12). The van der Waals surface area contributed by atoms with Crippen molar-refractivity contribution in [2.75, 3.05) is 6.61 Å². The Morgan fingerprint density at radius 2 is 2.14 bits per heavy atom. The Balaban J connectivity index is 2.52. The van der Waals surface area contributed by atoms with E-state index in [2.05, 4.69) is 0 Å². The molecule has 1 aromatic carbocycles. The van der Waals surface area contributed by atoms with Crippen molar-refractivity contribution < 1.29 is 13.2 Å². The lowest BCUT2D eigenvalue weighted by atomic mass is 10.2. The van der Waals surface area contributed by atoms with Crippen LogP contribution in [0.3, 0.4) is 0 Å². The molecule has 14 heavy (non-hydrogen) atoms. The average molecular weight is 234 g/mol. The molecule has 0 amide bonds. The van der Waals surface area contributed by atoms with Crippen LogP contribution < -0.4 is 5.14 Å². The summed E-state index contributed by atoms with van der Waals surface area (Å²) in [7, 11) is -3.75. The Hall–Kier alpha value is -0.620. The Labute approximate surface area is 86.7 Å². The van der Waals surface area contributed by atoms with E-state index in [1.807, 2.05) is 0 Å². The van der Waals surface area contributed by atoms with Gasteiger partial charge in [0.2, 0.25) is 10.0 Å². The van der Waals surface area contributed by atoms with Crippen LogP contribution in [0.25, 0.3) is 0 Å². The SMILES string of the molecule is NS(=O)(=O)c1cc(C2CO2)ccc1Cl. The van der Waals surface area contributed by atoms with Gasteiger partial charge >= 0.3 is 0 Å². The van der Waals surface area contributed by atoms with Gasteiger partial charge in [-0.3, -0.25) is 0 Å². The molecule has 1 saturated heterocycles. The highest BCUT2D eigenvalue weighted by Gasteiger charge is 2.26. The highest BCUT2D eigenvalue weighted by atomic mass is 35.5. The molecular weight excluding hydrogens is 226 g/mol. The van der Waals surface area contributed by atoms with E-state index >= 15 is 0 Å². The fourth-order valence-electron chi connectivity index (χ4n) is 1.18. The number of hydrogen-bond acceptors (Lipinski definition) is 3. The van der Waals surface area contributed by atoms with E-state index in [4.69, 9.17) is 21.5 Å². The molecule has 1 fully saturated rings. The maximum Gasteiger partial charge on any atom is 0.239 e. The smallest absolute Gasteiger partial charge is 0.239 e. The first-order valence-corrected chi connectivity index (χ1v) is 5.85. The topological polar surface area (TPSA) is 72.7 Å². The van der Waals surface area contributed by atoms with Gasteiger partial charge in [0, 0.05) is 0 Å². The molecule has 0 aromatic heterocycles. The zero-order chi connectivity index (χ0) is 10.3. The number of nitrogens with two attached hydrogens (primary N) is 1. The predicted octanol–water partition coefficient (Wildman–Crippen LogP) is 1.06. The second-order valence-electron chi connectivity index (χ2n) is 3.06. The van der Waals surface area contributed by atoms with Gasteiger partial charge < -0.3 is 4.74 Å². The van der Waals surface area contributed by atoms with E-state index in [1.54, 1.807) is 6.07 Å². The van der Waals surface area contributed by atoms with E-state index in [9.17, 15) is 8.42 Å². The molecule has 2 rings (SSSR count). The van der Waals surface area contributed by atoms with Crippen molar-refractivity contribution in [3.05, 3.63) is 28.8 Å². The van der Waals surface area contributed by atoms with Gasteiger partial charge in [0.15, 0.2) is 0 Å². The van der Waals surface area contributed by atoms with E-state index in [0.29, 0.717) is 6.61 Å². The normalized spacial score (nSPS) is 20.9. The van der Waals surface area contributed by atoms with Crippen LogP contribution in [0.2, 0.25) is 5.02 Å². The molecule has 0 spiro atoms. The quantitative estimate of drug-likeness (QED) is 0.777. The van der Waals surface area contributed by atoms with Crippen LogP contribution in [-0.2, 0) is 14.8 Å². The molecule has 1 unspecified atom stereocenters. The number of epoxide rings is 1. The largest absolute Gasteiger partial charge is 0.368 e. The van der Waals surface area contributed by atoms with Crippen LogP contribution in [0.4, 0.5) is 0 Å². The molecule has 0 aliphatic carbocycles. The summed E-state index contributed by atoms with van der Waals surface area (Å²) >= 11 is 5.71. The van der Waals surface area contributed by atoms with Gasteiger partial charge in [-0.1, -0.05) is 17.7 Å². The molecular formula is C8H8ClNO3S. The Morgan fingerprint density at radius 1 is 1.50 bits per heavy atom. The molecule has 0 bridgehead atoms. The maximum atomic E-state index is 11.1. The number of ether oxygens (including phenoxy) is 1. The van der Waals surface area contributed by atoms with Crippen LogP contribution in [-0.4, -0.2) is 15.0 Å². The molecule has 6 heteroatoms. The predicted molar refractivity (Wildman–Crippen MR) is 51.5 cm³/mol. The molecule has 76 valence electrons. The van der Waals surface area contributed by atoms with Crippen molar-refractivity contribution in [1.29, 1.82) is 0 Å². The van der Waals surface area contributed by atoms with Gasteiger partial charge in [-0.15, -0.1) is 0 Å². The minimum atomic E-state index is -3.75. The fraction of sp³-hybridized carbons (Fsp3) is 0.250. The summed E-state index contributed by atoms with van der Waals surface area (Å²) in [4.78, 5) is -0.0489. The van der Waals surface area contributed by atoms with E-state index < -0.39 is 10.0 Å². The summed E-state index contributed by atoms with van der Waals surface area (Å²) in [6.45, 7) is 0.617. The minimum Gasteiger partial charge on any atom is -0.368 e. The third-order valence-electron chi connectivity index (χ3n) is 1.97. The number of hydrogen-bond donors (Lipinski definition) is 1. The van der Waals surface area contributed by atoms with Gasteiger partial charge in [-0.2, -0.15) is 0 Å². The zero-order valence-electron chi connectivity index (χ0n) is 7.10. The molecule has 4 nitrogen and oxygen atoms in total. The van der Waals surface area contributed by atoms with Crippen LogP contribution in [0.15, 0.2) is 23.1 Å². The van der Waals surface area contributed by atoms with Crippen molar-refractivity contribution in [1.82, 2.24) is 0 Å². The highest BCUT2D eigenvalue weighted by molar-refractivity contribution is 7.89. The zero-order valence-corrected chi connectivity index (χ0v) is 8.68. The molecule has 0 radical (unpaired) electrons. The minimum absolute atomic E-state index is 0.00670. The summed E-state index contributed by atoms with van der Waals surface area (Å²) in [5, 5.41) is 5.13. The van der Waals surface area contributed by atoms with E-state index in [1.165, 1.54) is 12.1 Å². The van der Waals surface area contributed by atoms with E-state index in [0.717, 1.165) is 5.56 Å². The Morgan fingerprint density at radius 3 is 2.64 bits per heavy atom. The van der Waals surface area contributed by atoms with Crippen molar-refractivity contribution >= 4 is 21.6 Å². The van der Waals surface area contributed by atoms with Crippen LogP contribution in [0.1, 0.15) is 11.7 Å². The lowest BCUT2D eigenvalue weighted by Crippen LogP contribution is -2.13. The number of benzene rings is 1. The molecule has 1 aliphatic heterocycles. The van der Waals surface area contributed by atoms with Gasteiger partial charge in [-0.05, 0) is 17.7 Å². The molecule has 1 atom stereocenters. The number of rotatable bonds is 2.